The number of halogens is 2. The van der Waals surface area contributed by atoms with Gasteiger partial charge in [0.1, 0.15) is 28.7 Å². The van der Waals surface area contributed by atoms with Crippen LogP contribution in [0.15, 0.2) is 65.1 Å². The summed E-state index contributed by atoms with van der Waals surface area (Å²) in [7, 11) is -0.501. The Morgan fingerprint density at radius 1 is 1.04 bits per heavy atom. The molecule has 0 bridgehead atoms. The van der Waals surface area contributed by atoms with Crippen LogP contribution in [0.1, 0.15) is 52.1 Å². The lowest BCUT2D eigenvalue weighted by molar-refractivity contribution is 0.0698. The van der Waals surface area contributed by atoms with E-state index in [9.17, 15) is 26.8 Å². The molecule has 45 heavy (non-hydrogen) atoms. The molecule has 234 valence electrons. The molecule has 0 aliphatic carbocycles. The van der Waals surface area contributed by atoms with Crippen LogP contribution in [0, 0.1) is 11.6 Å². The van der Waals surface area contributed by atoms with Crippen molar-refractivity contribution in [1.82, 2.24) is 14.8 Å². The molecule has 1 aliphatic heterocycles. The Morgan fingerprint density at radius 2 is 1.80 bits per heavy atom. The molecule has 5 aromatic rings. The normalized spacial score (nSPS) is 15.5. The van der Waals surface area contributed by atoms with E-state index in [1.807, 2.05) is 0 Å². The Labute approximate surface area is 258 Å². The van der Waals surface area contributed by atoms with Gasteiger partial charge in [-0.2, -0.15) is 0 Å². The van der Waals surface area contributed by atoms with E-state index < -0.39 is 27.6 Å². The smallest absolute Gasteiger partial charge is 0.270 e. The van der Waals surface area contributed by atoms with Gasteiger partial charge in [-0.05, 0) is 73.9 Å². The number of nitrogens with zero attached hydrogens (tertiary/aromatic N) is 2. The van der Waals surface area contributed by atoms with Gasteiger partial charge in [0.2, 0.25) is 10.0 Å². The van der Waals surface area contributed by atoms with Gasteiger partial charge in [-0.3, -0.25) is 14.3 Å². The number of furan rings is 1. The molecule has 9 nitrogen and oxygen atoms in total. The molecule has 1 saturated heterocycles. The number of hydrogen-bond acceptors (Lipinski definition) is 5. The number of aryl methyl sites for hydroxylation is 1. The zero-order valence-electron chi connectivity index (χ0n) is 25.0. The number of rotatable bonds is 7. The maximum Gasteiger partial charge on any atom is 0.270 e. The summed E-state index contributed by atoms with van der Waals surface area (Å²) in [6.07, 6.45) is 1.29. The van der Waals surface area contributed by atoms with E-state index in [0.29, 0.717) is 52.5 Å². The lowest BCUT2D eigenvalue weighted by Gasteiger charge is -2.34. The first-order chi connectivity index (χ1) is 21.5. The van der Waals surface area contributed by atoms with Gasteiger partial charge >= 0.3 is 0 Å². The molecular weight excluding hydrogens is 602 g/mol. The minimum absolute atomic E-state index is 0.167. The third-order valence-electron chi connectivity index (χ3n) is 8.47. The number of likely N-dealkylation sites (tertiary alicyclic amines) is 1. The monoisotopic (exact) mass is 634 g/mol. The summed E-state index contributed by atoms with van der Waals surface area (Å²) in [5, 5.41) is 3.45. The van der Waals surface area contributed by atoms with E-state index in [0.717, 1.165) is 0 Å². The number of benzene rings is 3. The number of piperidine rings is 1. The third-order valence-corrected chi connectivity index (χ3v) is 9.76. The van der Waals surface area contributed by atoms with Crippen molar-refractivity contribution in [1.29, 1.82) is 0 Å². The number of sulfonamides is 1. The van der Waals surface area contributed by atoms with Crippen LogP contribution in [0.3, 0.4) is 0 Å². The standard InChI is InChI=1S/C33H32F2N4O5S/c1-4-45(42,43)37-26-17-29-24(30(32(40)36-2)31(44-29)19-10-12-21(34)13-11-19)15-22(26)20-7-6-14-39(18-20)33(41)28-16-23-25(35)8-5-9-27(23)38(28)3/h5,8-13,15-17,20,37H,4,6-7,14,18H2,1-3H3,(H,36,40). The third kappa shape index (κ3) is 5.54. The van der Waals surface area contributed by atoms with Crippen molar-refractivity contribution in [3.8, 4) is 11.3 Å². The van der Waals surface area contributed by atoms with Gasteiger partial charge < -0.3 is 19.2 Å². The van der Waals surface area contributed by atoms with E-state index in [1.54, 1.807) is 46.8 Å². The highest BCUT2D eigenvalue weighted by Crippen LogP contribution is 2.41. The molecule has 2 N–H and O–H groups in total. The van der Waals surface area contributed by atoms with Crippen molar-refractivity contribution < 1.29 is 31.2 Å². The average Bonchev–Trinajstić information content (AvgIpc) is 3.58. The summed E-state index contributed by atoms with van der Waals surface area (Å²) < 4.78 is 64.3. The van der Waals surface area contributed by atoms with Crippen LogP contribution in [0.2, 0.25) is 0 Å². The Balaban J connectivity index is 1.45. The summed E-state index contributed by atoms with van der Waals surface area (Å²) in [6.45, 7) is 2.27. The van der Waals surface area contributed by atoms with Crippen molar-refractivity contribution in [2.75, 3.05) is 30.6 Å². The molecule has 2 aromatic heterocycles. The molecule has 6 rings (SSSR count). The number of fused-ring (bicyclic) bond motifs is 2. The van der Waals surface area contributed by atoms with Crippen molar-refractivity contribution in [3.63, 3.8) is 0 Å². The molecule has 1 aliphatic rings. The number of aromatic nitrogens is 1. The summed E-state index contributed by atoms with van der Waals surface area (Å²) in [5.41, 5.74) is 2.82. The molecule has 0 radical (unpaired) electrons. The fourth-order valence-electron chi connectivity index (χ4n) is 6.09. The Bertz CT molecular complexity index is 2070. The van der Waals surface area contributed by atoms with E-state index in [-0.39, 0.29) is 46.7 Å². The molecule has 3 heterocycles. The predicted molar refractivity (Wildman–Crippen MR) is 169 cm³/mol. The molecule has 0 spiro atoms. The molecule has 12 heteroatoms. The second-order valence-corrected chi connectivity index (χ2v) is 13.2. The largest absolute Gasteiger partial charge is 0.455 e. The number of amides is 2. The number of nitrogens with one attached hydrogen (secondary N) is 2. The Kier molecular flexibility index (Phi) is 7.86. The Hall–Kier alpha value is -4.71. The molecule has 2 amide bonds. The first-order valence-corrected chi connectivity index (χ1v) is 16.3. The maximum atomic E-state index is 14.5. The summed E-state index contributed by atoms with van der Waals surface area (Å²) in [4.78, 5) is 28.7. The van der Waals surface area contributed by atoms with Crippen LogP contribution in [-0.2, 0) is 17.1 Å². The number of anilines is 1. The minimum Gasteiger partial charge on any atom is -0.455 e. The number of hydrogen-bond donors (Lipinski definition) is 2. The van der Waals surface area contributed by atoms with E-state index in [2.05, 4.69) is 10.0 Å². The molecule has 1 unspecified atom stereocenters. The molecule has 0 saturated carbocycles. The van der Waals surface area contributed by atoms with E-state index in [1.165, 1.54) is 44.3 Å². The van der Waals surface area contributed by atoms with Crippen LogP contribution in [0.5, 0.6) is 0 Å². The average molecular weight is 635 g/mol. The Morgan fingerprint density at radius 3 is 2.49 bits per heavy atom. The van der Waals surface area contributed by atoms with Crippen LogP contribution >= 0.6 is 0 Å². The van der Waals surface area contributed by atoms with Gasteiger partial charge in [-0.15, -0.1) is 0 Å². The van der Waals surface area contributed by atoms with Gasteiger partial charge in [0.25, 0.3) is 11.8 Å². The van der Waals surface area contributed by atoms with E-state index >= 15 is 0 Å². The maximum absolute atomic E-state index is 14.5. The van der Waals surface area contributed by atoms with Gasteiger partial charge in [-0.1, -0.05) is 6.07 Å². The number of carbonyl (C=O) groups is 2. The van der Waals surface area contributed by atoms with Crippen molar-refractivity contribution >= 4 is 49.4 Å². The first kappa shape index (κ1) is 30.3. The topological polar surface area (TPSA) is 114 Å². The highest BCUT2D eigenvalue weighted by molar-refractivity contribution is 7.92. The van der Waals surface area contributed by atoms with Crippen molar-refractivity contribution in [3.05, 3.63) is 89.1 Å². The molecule has 1 fully saturated rings. The van der Waals surface area contributed by atoms with Gasteiger partial charge in [-0.25, -0.2) is 17.2 Å². The second kappa shape index (κ2) is 11.7. The number of carbonyl (C=O) groups excluding carboxylic acids is 2. The van der Waals surface area contributed by atoms with Crippen molar-refractivity contribution in [2.24, 2.45) is 7.05 Å². The zero-order chi connectivity index (χ0) is 32.0. The highest BCUT2D eigenvalue weighted by Gasteiger charge is 2.31. The first-order valence-electron chi connectivity index (χ1n) is 14.6. The fourth-order valence-corrected chi connectivity index (χ4v) is 6.74. The summed E-state index contributed by atoms with van der Waals surface area (Å²) in [6, 6.07) is 15.1. The lowest BCUT2D eigenvalue weighted by Crippen LogP contribution is -2.40. The molecule has 3 aromatic carbocycles. The molecule has 1 atom stereocenters. The van der Waals surface area contributed by atoms with Gasteiger partial charge in [0.05, 0.1) is 22.5 Å². The second-order valence-electron chi connectivity index (χ2n) is 11.2. The SMILES string of the molecule is CCS(=O)(=O)Nc1cc2oc(-c3ccc(F)cc3)c(C(=O)NC)c2cc1C1CCCN(C(=O)c2cc3c(F)cccc3n2C)C1. The summed E-state index contributed by atoms with van der Waals surface area (Å²) >= 11 is 0. The van der Waals surface area contributed by atoms with Crippen molar-refractivity contribution in [2.45, 2.75) is 25.7 Å². The van der Waals surface area contributed by atoms with Gasteiger partial charge in [0, 0.05) is 55.5 Å². The lowest BCUT2D eigenvalue weighted by atomic mass is 9.88. The van der Waals surface area contributed by atoms with Gasteiger partial charge in [0.15, 0.2) is 0 Å². The molecular formula is C33H32F2N4O5S. The van der Waals surface area contributed by atoms with E-state index in [4.69, 9.17) is 4.42 Å². The predicted octanol–water partition coefficient (Wildman–Crippen LogP) is 6.01. The van der Waals surface area contributed by atoms with Crippen LogP contribution in [-0.4, -0.2) is 55.6 Å². The van der Waals surface area contributed by atoms with Crippen LogP contribution < -0.4 is 10.0 Å². The highest BCUT2D eigenvalue weighted by atomic mass is 32.2. The quantitative estimate of drug-likeness (QED) is 0.228. The van der Waals surface area contributed by atoms with Crippen LogP contribution in [0.4, 0.5) is 14.5 Å². The van der Waals surface area contributed by atoms with Crippen LogP contribution in [0.25, 0.3) is 33.2 Å². The summed E-state index contributed by atoms with van der Waals surface area (Å²) in [5.74, 6) is -1.79. The minimum atomic E-state index is -3.71. The zero-order valence-corrected chi connectivity index (χ0v) is 25.8. The fraction of sp³-hybridized carbons (Fsp3) is 0.273.